The lowest BCUT2D eigenvalue weighted by Crippen LogP contribution is -2.33. The first-order chi connectivity index (χ1) is 15.4. The maximum absolute atomic E-state index is 13.0. The third-order valence-corrected chi connectivity index (χ3v) is 6.07. The van der Waals surface area contributed by atoms with E-state index < -0.39 is 0 Å². The molecule has 1 amide bonds. The van der Waals surface area contributed by atoms with Crippen LogP contribution in [0.3, 0.4) is 0 Å². The van der Waals surface area contributed by atoms with Crippen LogP contribution < -0.4 is 10.1 Å². The number of fused-ring (bicyclic) bond motifs is 3. The molecule has 8 heteroatoms. The van der Waals surface area contributed by atoms with Crippen LogP contribution in [0.15, 0.2) is 42.7 Å². The summed E-state index contributed by atoms with van der Waals surface area (Å²) in [6, 6.07) is 10.8. The number of amidine groups is 1. The quantitative estimate of drug-likeness (QED) is 0.472. The normalized spacial score (nSPS) is 14.4. The highest BCUT2D eigenvalue weighted by Gasteiger charge is 2.32. The molecule has 0 saturated heterocycles. The second kappa shape index (κ2) is 7.78. The topological polar surface area (TPSA) is 96.1 Å². The van der Waals surface area contributed by atoms with Crippen molar-refractivity contribution in [2.24, 2.45) is 0 Å². The smallest absolute Gasteiger partial charge is 0.256 e. The number of carbonyl (C=O) groups is 1. The number of nitrogens with one attached hydrogen (secondary N) is 2. The van der Waals surface area contributed by atoms with Crippen molar-refractivity contribution in [3.8, 4) is 11.4 Å². The van der Waals surface area contributed by atoms with Crippen LogP contribution >= 0.6 is 0 Å². The van der Waals surface area contributed by atoms with E-state index >= 15 is 0 Å². The van der Waals surface area contributed by atoms with Gasteiger partial charge in [0, 0.05) is 24.6 Å². The number of benzene rings is 1. The summed E-state index contributed by atoms with van der Waals surface area (Å²) >= 11 is 0. The number of anilines is 1. The molecule has 0 atom stereocenters. The Morgan fingerprint density at radius 1 is 1.28 bits per heavy atom. The fourth-order valence-corrected chi connectivity index (χ4v) is 3.82. The van der Waals surface area contributed by atoms with Crippen molar-refractivity contribution in [3.63, 3.8) is 0 Å². The zero-order chi connectivity index (χ0) is 22.4. The number of carbonyl (C=O) groups excluding carboxylic acids is 1. The molecule has 5 rings (SSSR count). The van der Waals surface area contributed by atoms with Gasteiger partial charge in [-0.2, -0.15) is 0 Å². The van der Waals surface area contributed by atoms with Crippen LogP contribution in [0.4, 0.5) is 5.82 Å². The summed E-state index contributed by atoms with van der Waals surface area (Å²) < 4.78 is 7.96. The van der Waals surface area contributed by atoms with Gasteiger partial charge in [0.2, 0.25) is 0 Å². The lowest BCUT2D eigenvalue weighted by atomic mass is 10.1. The van der Waals surface area contributed by atoms with E-state index in [2.05, 4.69) is 15.3 Å². The fourth-order valence-electron chi connectivity index (χ4n) is 3.82. The Kier molecular flexibility index (Phi) is 4.92. The average molecular weight is 431 g/mol. The summed E-state index contributed by atoms with van der Waals surface area (Å²) in [5.41, 5.74) is 4.01. The van der Waals surface area contributed by atoms with E-state index in [-0.39, 0.29) is 11.9 Å². The highest BCUT2D eigenvalue weighted by Crippen LogP contribution is 2.43. The third-order valence-electron chi connectivity index (χ3n) is 6.07. The van der Waals surface area contributed by atoms with Crippen molar-refractivity contribution in [2.45, 2.75) is 45.3 Å². The second-order valence-electron chi connectivity index (χ2n) is 8.61. The van der Waals surface area contributed by atoms with E-state index in [1.54, 1.807) is 24.3 Å². The van der Waals surface area contributed by atoms with Gasteiger partial charge in [0.15, 0.2) is 0 Å². The number of ether oxygens (including phenoxy) is 1. The number of hydrogen-bond acceptors (Lipinski definition) is 5. The van der Waals surface area contributed by atoms with Gasteiger partial charge < -0.3 is 15.0 Å². The first-order valence-corrected chi connectivity index (χ1v) is 10.9. The van der Waals surface area contributed by atoms with Crippen LogP contribution in [0.1, 0.15) is 60.0 Å². The second-order valence-corrected chi connectivity index (χ2v) is 8.61. The SMILES string of the molecule is CC(C)N(C)C(=N)c1cccc(NC(=O)c2ccc3c(c2)-n2cnc(C4CC4)c2CO3)n1. The maximum Gasteiger partial charge on any atom is 0.256 e. The Bertz CT molecular complexity index is 1210. The predicted octanol–water partition coefficient (Wildman–Crippen LogP) is 3.95. The summed E-state index contributed by atoms with van der Waals surface area (Å²) in [7, 11) is 1.86. The minimum absolute atomic E-state index is 0.175. The number of aromatic nitrogens is 3. The maximum atomic E-state index is 13.0. The molecule has 0 spiro atoms. The van der Waals surface area contributed by atoms with Crippen molar-refractivity contribution in [1.29, 1.82) is 5.41 Å². The number of amides is 1. The highest BCUT2D eigenvalue weighted by atomic mass is 16.5. The molecule has 1 aliphatic heterocycles. The molecular formula is C24H26N6O2. The molecule has 0 bridgehead atoms. The predicted molar refractivity (Wildman–Crippen MR) is 122 cm³/mol. The number of nitrogens with zero attached hydrogens (tertiary/aromatic N) is 4. The molecule has 1 aliphatic carbocycles. The highest BCUT2D eigenvalue weighted by molar-refractivity contribution is 6.04. The van der Waals surface area contributed by atoms with Gasteiger partial charge in [-0.1, -0.05) is 6.07 Å². The Morgan fingerprint density at radius 3 is 2.84 bits per heavy atom. The molecule has 8 nitrogen and oxygen atoms in total. The lowest BCUT2D eigenvalue weighted by Gasteiger charge is -2.23. The molecule has 1 fully saturated rings. The summed E-state index contributed by atoms with van der Waals surface area (Å²) in [6.07, 6.45) is 4.18. The van der Waals surface area contributed by atoms with Crippen molar-refractivity contribution < 1.29 is 9.53 Å². The molecule has 1 aromatic carbocycles. The number of rotatable bonds is 5. The van der Waals surface area contributed by atoms with E-state index in [9.17, 15) is 4.79 Å². The van der Waals surface area contributed by atoms with Crippen LogP contribution in [-0.2, 0) is 6.61 Å². The van der Waals surface area contributed by atoms with Gasteiger partial charge in [-0.25, -0.2) is 9.97 Å². The van der Waals surface area contributed by atoms with Gasteiger partial charge in [-0.05, 0) is 57.0 Å². The van der Waals surface area contributed by atoms with Crippen molar-refractivity contribution >= 4 is 17.6 Å². The molecule has 0 unspecified atom stereocenters. The standard InChI is InChI=1S/C24H26N6O2/c1-14(2)29(3)23(25)17-5-4-6-21(27-17)28-24(31)16-9-10-20-18(11-16)30-13-26-22(15-7-8-15)19(30)12-32-20/h4-6,9-11,13-15,25H,7-8,12H2,1-3H3,(H,27,28,31). The molecule has 2 aromatic heterocycles. The van der Waals surface area contributed by atoms with Gasteiger partial charge in [0.1, 0.15) is 29.7 Å². The Labute approximate surface area is 186 Å². The van der Waals surface area contributed by atoms with Crippen molar-refractivity contribution in [3.05, 3.63) is 65.4 Å². The van der Waals surface area contributed by atoms with Crippen LogP contribution in [0.2, 0.25) is 0 Å². The Hall–Kier alpha value is -3.68. The molecule has 2 N–H and O–H groups in total. The largest absolute Gasteiger partial charge is 0.485 e. The monoisotopic (exact) mass is 430 g/mol. The Morgan fingerprint density at radius 2 is 2.09 bits per heavy atom. The zero-order valence-electron chi connectivity index (χ0n) is 18.4. The summed E-state index contributed by atoms with van der Waals surface area (Å²) in [5.74, 6) is 1.72. The van der Waals surface area contributed by atoms with Crippen molar-refractivity contribution in [1.82, 2.24) is 19.4 Å². The van der Waals surface area contributed by atoms with E-state index in [4.69, 9.17) is 10.1 Å². The van der Waals surface area contributed by atoms with E-state index in [1.807, 2.05) is 48.8 Å². The van der Waals surface area contributed by atoms with Crippen molar-refractivity contribution in [2.75, 3.05) is 12.4 Å². The molecule has 3 heterocycles. The molecule has 2 aliphatic rings. The minimum atomic E-state index is -0.268. The van der Waals surface area contributed by atoms with Gasteiger partial charge in [0.05, 0.1) is 23.4 Å². The third kappa shape index (κ3) is 3.62. The van der Waals surface area contributed by atoms with Crippen LogP contribution in [0.25, 0.3) is 5.69 Å². The van der Waals surface area contributed by atoms with Gasteiger partial charge in [0.25, 0.3) is 5.91 Å². The van der Waals surface area contributed by atoms with Crippen LogP contribution in [-0.4, -0.2) is 44.3 Å². The average Bonchev–Trinajstić information content (AvgIpc) is 3.55. The van der Waals surface area contributed by atoms with Gasteiger partial charge in [-0.15, -0.1) is 0 Å². The minimum Gasteiger partial charge on any atom is -0.485 e. The van der Waals surface area contributed by atoms with E-state index in [0.29, 0.717) is 35.4 Å². The fraction of sp³-hybridized carbons (Fsp3) is 0.333. The molecule has 0 radical (unpaired) electrons. The molecule has 1 saturated carbocycles. The summed E-state index contributed by atoms with van der Waals surface area (Å²) in [6.45, 7) is 4.52. The molecule has 32 heavy (non-hydrogen) atoms. The number of imidazole rings is 1. The number of hydrogen-bond donors (Lipinski definition) is 2. The van der Waals surface area contributed by atoms with Crippen LogP contribution in [0, 0.1) is 5.41 Å². The number of pyridine rings is 1. The first-order valence-electron chi connectivity index (χ1n) is 10.9. The lowest BCUT2D eigenvalue weighted by molar-refractivity contribution is 0.102. The summed E-state index contributed by atoms with van der Waals surface area (Å²) in [4.78, 5) is 23.9. The first kappa shape index (κ1) is 20.2. The van der Waals surface area contributed by atoms with Gasteiger partial charge in [-0.3, -0.25) is 14.8 Å². The summed E-state index contributed by atoms with van der Waals surface area (Å²) in [5, 5.41) is 11.2. The molecular weight excluding hydrogens is 404 g/mol. The van der Waals surface area contributed by atoms with E-state index in [1.165, 1.54) is 12.8 Å². The molecule has 164 valence electrons. The van der Waals surface area contributed by atoms with Crippen LogP contribution in [0.5, 0.6) is 5.75 Å². The molecule has 3 aromatic rings. The van der Waals surface area contributed by atoms with E-state index in [0.717, 1.165) is 22.8 Å². The Balaban J connectivity index is 1.38. The van der Waals surface area contributed by atoms with Gasteiger partial charge >= 0.3 is 0 Å². The zero-order valence-corrected chi connectivity index (χ0v) is 18.4.